The third-order valence-corrected chi connectivity index (χ3v) is 3.81. The van der Waals surface area contributed by atoms with Crippen LogP contribution in [0.1, 0.15) is 15.2 Å². The summed E-state index contributed by atoms with van der Waals surface area (Å²) in [6.07, 6.45) is 1.48. The Hall–Kier alpha value is -3.28. The Balaban J connectivity index is 1.89. The number of esters is 1. The molecular weight excluding hydrogens is 322 g/mol. The van der Waals surface area contributed by atoms with Crippen LogP contribution < -0.4 is 9.47 Å². The van der Waals surface area contributed by atoms with E-state index in [1.165, 1.54) is 25.0 Å². The second-order valence-corrected chi connectivity index (χ2v) is 5.25. The molecule has 0 aliphatic rings. The average Bonchev–Trinajstić information content (AvgIpc) is 3.05. The molecule has 0 unspecified atom stereocenters. The second-order valence-electron chi connectivity index (χ2n) is 5.25. The first-order valence-corrected chi connectivity index (χ1v) is 7.63. The molecule has 128 valence electrons. The third-order valence-electron chi connectivity index (χ3n) is 3.81. The summed E-state index contributed by atoms with van der Waals surface area (Å²) in [4.78, 5) is 24.5. The highest BCUT2D eigenvalue weighted by atomic mass is 16.5. The number of hydrogen-bond donors (Lipinski definition) is 0. The summed E-state index contributed by atoms with van der Waals surface area (Å²) in [5.74, 6) is 0.219. The van der Waals surface area contributed by atoms with Crippen LogP contribution in [-0.2, 0) is 4.74 Å². The van der Waals surface area contributed by atoms with Crippen molar-refractivity contribution < 1.29 is 23.8 Å². The highest BCUT2D eigenvalue weighted by Gasteiger charge is 2.19. The van der Waals surface area contributed by atoms with Crippen LogP contribution in [-0.4, -0.2) is 37.3 Å². The lowest BCUT2D eigenvalue weighted by molar-refractivity contribution is 0.0603. The Kier molecular flexibility index (Phi) is 4.70. The van der Waals surface area contributed by atoms with Crippen LogP contribution in [0, 0.1) is 0 Å². The predicted octanol–water partition coefficient (Wildman–Crippen LogP) is 3.16. The largest absolute Gasteiger partial charge is 0.493 e. The molecule has 0 saturated carbocycles. The number of rotatable bonds is 5. The molecule has 0 spiro atoms. The van der Waals surface area contributed by atoms with Gasteiger partial charge in [-0.25, -0.2) is 4.79 Å². The fourth-order valence-corrected chi connectivity index (χ4v) is 2.61. The molecule has 1 aromatic heterocycles. The smallest absolute Gasteiger partial charge is 0.340 e. The standard InChI is InChI=1S/C19H17NO5/c1-23-16-9-5-6-10-17(16)25-12-18(21)20-11-14(19(22)24-2)13-7-3-4-8-15(13)20/h3-11H,12H2,1-2H3. The number of carbonyl (C=O) groups excluding carboxylic acids is 2. The van der Waals surface area contributed by atoms with Gasteiger partial charge >= 0.3 is 5.97 Å². The Morgan fingerprint density at radius 1 is 0.960 bits per heavy atom. The van der Waals surface area contributed by atoms with Crippen molar-refractivity contribution >= 4 is 22.8 Å². The van der Waals surface area contributed by atoms with Crippen molar-refractivity contribution in [3.63, 3.8) is 0 Å². The third kappa shape index (κ3) is 3.19. The lowest BCUT2D eigenvalue weighted by atomic mass is 10.2. The first-order valence-electron chi connectivity index (χ1n) is 7.63. The fourth-order valence-electron chi connectivity index (χ4n) is 2.61. The number of nitrogens with zero attached hydrogens (tertiary/aromatic N) is 1. The Bertz CT molecular complexity index is 928. The van der Waals surface area contributed by atoms with Crippen LogP contribution in [0.2, 0.25) is 0 Å². The van der Waals surface area contributed by atoms with Crippen molar-refractivity contribution in [3.05, 3.63) is 60.3 Å². The number of aromatic nitrogens is 1. The van der Waals surface area contributed by atoms with E-state index in [0.29, 0.717) is 28.0 Å². The number of methoxy groups -OCH3 is 2. The maximum Gasteiger partial charge on any atom is 0.340 e. The van der Waals surface area contributed by atoms with Gasteiger partial charge in [0, 0.05) is 11.6 Å². The molecule has 6 heteroatoms. The van der Waals surface area contributed by atoms with E-state index in [1.54, 1.807) is 42.5 Å². The highest BCUT2D eigenvalue weighted by molar-refractivity contribution is 6.07. The van der Waals surface area contributed by atoms with Gasteiger partial charge in [0.1, 0.15) is 0 Å². The number of para-hydroxylation sites is 3. The lowest BCUT2D eigenvalue weighted by Crippen LogP contribution is -2.18. The van der Waals surface area contributed by atoms with E-state index in [1.807, 2.05) is 6.07 Å². The van der Waals surface area contributed by atoms with Crippen molar-refractivity contribution in [2.75, 3.05) is 20.8 Å². The average molecular weight is 339 g/mol. The van der Waals surface area contributed by atoms with Gasteiger partial charge < -0.3 is 14.2 Å². The Labute approximate surface area is 144 Å². The summed E-state index contributed by atoms with van der Waals surface area (Å²) in [5.41, 5.74) is 0.959. The molecular formula is C19H17NO5. The van der Waals surface area contributed by atoms with E-state index >= 15 is 0 Å². The van der Waals surface area contributed by atoms with Crippen LogP contribution in [0.15, 0.2) is 54.7 Å². The van der Waals surface area contributed by atoms with Crippen molar-refractivity contribution in [1.29, 1.82) is 0 Å². The van der Waals surface area contributed by atoms with Gasteiger partial charge in [0.2, 0.25) is 0 Å². The minimum absolute atomic E-state index is 0.195. The maximum atomic E-state index is 12.6. The molecule has 0 aliphatic carbocycles. The zero-order chi connectivity index (χ0) is 17.8. The number of benzene rings is 2. The number of hydrogen-bond acceptors (Lipinski definition) is 5. The predicted molar refractivity (Wildman–Crippen MR) is 92.4 cm³/mol. The summed E-state index contributed by atoms with van der Waals surface area (Å²) >= 11 is 0. The Morgan fingerprint density at radius 3 is 2.36 bits per heavy atom. The molecule has 0 atom stereocenters. The molecule has 0 radical (unpaired) electrons. The molecule has 2 aromatic carbocycles. The molecule has 1 heterocycles. The topological polar surface area (TPSA) is 66.8 Å². The van der Waals surface area contributed by atoms with Gasteiger partial charge in [0.05, 0.1) is 25.3 Å². The SMILES string of the molecule is COC(=O)c1cn(C(=O)COc2ccccc2OC)c2ccccc12. The molecule has 3 rings (SSSR count). The van der Waals surface area contributed by atoms with Gasteiger partial charge in [-0.15, -0.1) is 0 Å². The van der Waals surface area contributed by atoms with Crippen molar-refractivity contribution in [2.45, 2.75) is 0 Å². The van der Waals surface area contributed by atoms with E-state index in [-0.39, 0.29) is 12.5 Å². The van der Waals surface area contributed by atoms with Gasteiger partial charge in [-0.1, -0.05) is 30.3 Å². The molecule has 0 N–H and O–H groups in total. The molecule has 0 amide bonds. The summed E-state index contributed by atoms with van der Waals surface area (Å²) in [7, 11) is 2.84. The van der Waals surface area contributed by atoms with E-state index < -0.39 is 5.97 Å². The highest BCUT2D eigenvalue weighted by Crippen LogP contribution is 2.26. The minimum Gasteiger partial charge on any atom is -0.493 e. The number of fused-ring (bicyclic) bond motifs is 1. The quantitative estimate of drug-likeness (QED) is 0.668. The summed E-state index contributed by atoms with van der Waals surface area (Å²) in [5, 5.41) is 0.653. The van der Waals surface area contributed by atoms with Crippen LogP contribution in [0.4, 0.5) is 0 Å². The van der Waals surface area contributed by atoms with Crippen molar-refractivity contribution in [2.24, 2.45) is 0 Å². The molecule has 0 bridgehead atoms. The van der Waals surface area contributed by atoms with Gasteiger partial charge in [-0.3, -0.25) is 9.36 Å². The van der Waals surface area contributed by atoms with Gasteiger partial charge in [-0.05, 0) is 18.2 Å². The van der Waals surface area contributed by atoms with Crippen LogP contribution in [0.3, 0.4) is 0 Å². The summed E-state index contributed by atoms with van der Waals surface area (Å²) in [6, 6.07) is 14.2. The summed E-state index contributed by atoms with van der Waals surface area (Å²) < 4.78 is 17.0. The van der Waals surface area contributed by atoms with Crippen LogP contribution in [0.5, 0.6) is 11.5 Å². The first kappa shape index (κ1) is 16.6. The lowest BCUT2D eigenvalue weighted by Gasteiger charge is -2.10. The van der Waals surface area contributed by atoms with Gasteiger partial charge in [-0.2, -0.15) is 0 Å². The molecule has 0 saturated heterocycles. The fraction of sp³-hybridized carbons (Fsp3) is 0.158. The molecule has 3 aromatic rings. The monoisotopic (exact) mass is 339 g/mol. The zero-order valence-corrected chi connectivity index (χ0v) is 13.9. The second kappa shape index (κ2) is 7.09. The number of ether oxygens (including phenoxy) is 3. The van der Waals surface area contributed by atoms with Crippen molar-refractivity contribution in [3.8, 4) is 11.5 Å². The molecule has 6 nitrogen and oxygen atoms in total. The van der Waals surface area contributed by atoms with E-state index in [0.717, 1.165) is 0 Å². The van der Waals surface area contributed by atoms with Crippen LogP contribution in [0.25, 0.3) is 10.9 Å². The summed E-state index contributed by atoms with van der Waals surface area (Å²) in [6.45, 7) is -0.195. The van der Waals surface area contributed by atoms with Crippen molar-refractivity contribution in [1.82, 2.24) is 4.57 Å². The molecule has 0 aliphatic heterocycles. The van der Waals surface area contributed by atoms with Gasteiger partial charge in [0.25, 0.3) is 5.91 Å². The minimum atomic E-state index is -0.492. The van der Waals surface area contributed by atoms with E-state index in [4.69, 9.17) is 14.2 Å². The van der Waals surface area contributed by atoms with E-state index in [9.17, 15) is 9.59 Å². The van der Waals surface area contributed by atoms with Gasteiger partial charge in [0.15, 0.2) is 18.1 Å². The first-order chi connectivity index (χ1) is 12.2. The molecule has 0 fully saturated rings. The maximum absolute atomic E-state index is 12.6. The normalized spacial score (nSPS) is 10.5. The van der Waals surface area contributed by atoms with Crippen LogP contribution >= 0.6 is 0 Å². The molecule has 25 heavy (non-hydrogen) atoms. The zero-order valence-electron chi connectivity index (χ0n) is 13.9. The van der Waals surface area contributed by atoms with E-state index in [2.05, 4.69) is 0 Å². The number of carbonyl (C=O) groups is 2. The Morgan fingerprint density at radius 2 is 1.64 bits per heavy atom.